The third-order valence-electron chi connectivity index (χ3n) is 2.21. The second kappa shape index (κ2) is 6.27. The highest BCUT2D eigenvalue weighted by Crippen LogP contribution is 2.25. The summed E-state index contributed by atoms with van der Waals surface area (Å²) in [5.41, 5.74) is 0.404. The average molecular weight is 310 g/mol. The molecule has 20 heavy (non-hydrogen) atoms. The lowest BCUT2D eigenvalue weighted by Gasteiger charge is -2.02. The Morgan fingerprint density at radius 1 is 1.45 bits per heavy atom. The molecule has 0 aliphatic heterocycles. The molecule has 1 amide bonds. The van der Waals surface area contributed by atoms with Crippen LogP contribution in [0, 0.1) is 10.1 Å². The molecule has 0 saturated carbocycles. The summed E-state index contributed by atoms with van der Waals surface area (Å²) in [5, 5.41) is 13.3. The van der Waals surface area contributed by atoms with E-state index in [1.807, 2.05) is 0 Å². The minimum atomic E-state index is -0.475. The smallest absolute Gasteiger partial charge is 0.320 e. The van der Waals surface area contributed by atoms with Crippen molar-refractivity contribution < 1.29 is 9.72 Å². The quantitative estimate of drug-likeness (QED) is 0.406. The van der Waals surface area contributed by atoms with Gasteiger partial charge < -0.3 is 5.32 Å². The Kier molecular flexibility index (Phi) is 4.44. The number of hydrogen-bond donors (Lipinski definition) is 1. The summed E-state index contributed by atoms with van der Waals surface area (Å²) in [5.74, 6) is -0.393. The number of nitro groups is 1. The second-order valence-electron chi connectivity index (χ2n) is 3.60. The van der Waals surface area contributed by atoms with Crippen molar-refractivity contribution in [2.24, 2.45) is 0 Å². The molecule has 6 nitrogen and oxygen atoms in total. The van der Waals surface area contributed by atoms with Crippen LogP contribution in [-0.2, 0) is 4.79 Å². The Bertz CT molecular complexity index is 684. The van der Waals surface area contributed by atoms with Gasteiger partial charge in [0.2, 0.25) is 5.91 Å². The van der Waals surface area contributed by atoms with Crippen molar-refractivity contribution in [3.05, 3.63) is 56.7 Å². The molecule has 0 saturated heterocycles. The molecule has 0 fully saturated rings. The van der Waals surface area contributed by atoms with Crippen LogP contribution in [0.15, 0.2) is 36.5 Å². The maximum absolute atomic E-state index is 11.7. The Morgan fingerprint density at radius 3 is 2.90 bits per heavy atom. The number of hydrogen-bond acceptors (Lipinski definition) is 5. The largest absolute Gasteiger partial charge is 0.324 e. The van der Waals surface area contributed by atoms with E-state index >= 15 is 0 Å². The van der Waals surface area contributed by atoms with E-state index in [1.165, 1.54) is 24.4 Å². The van der Waals surface area contributed by atoms with Gasteiger partial charge in [0.1, 0.15) is 0 Å². The number of nitrogens with one attached hydrogen (secondary N) is 1. The minimum Gasteiger partial charge on any atom is -0.320 e. The molecule has 1 N–H and O–H groups in total. The van der Waals surface area contributed by atoms with Gasteiger partial charge in [-0.05, 0) is 24.3 Å². The Balaban J connectivity index is 2.02. The molecule has 2 heterocycles. The van der Waals surface area contributed by atoms with E-state index in [9.17, 15) is 14.9 Å². The van der Waals surface area contributed by atoms with E-state index in [-0.39, 0.29) is 10.2 Å². The number of thiophene rings is 1. The molecule has 0 bridgehead atoms. The summed E-state index contributed by atoms with van der Waals surface area (Å²) in [4.78, 5) is 26.2. The number of carbonyl (C=O) groups is 1. The molecule has 0 spiro atoms. The number of carbonyl (C=O) groups excluding carboxylic acids is 1. The fraction of sp³-hybridized carbons (Fsp3) is 0. The number of anilines is 1. The first-order valence-corrected chi connectivity index (χ1v) is 6.59. The van der Waals surface area contributed by atoms with Gasteiger partial charge in [0, 0.05) is 23.2 Å². The highest BCUT2D eigenvalue weighted by molar-refractivity contribution is 7.16. The molecule has 0 aliphatic rings. The van der Waals surface area contributed by atoms with E-state index in [0.29, 0.717) is 10.6 Å². The van der Waals surface area contributed by atoms with Crippen molar-refractivity contribution in [2.45, 2.75) is 0 Å². The summed E-state index contributed by atoms with van der Waals surface area (Å²) in [6, 6.07) is 6.23. The fourth-order valence-electron chi connectivity index (χ4n) is 1.34. The molecular formula is C12H8ClN3O3S. The van der Waals surface area contributed by atoms with E-state index in [4.69, 9.17) is 11.6 Å². The zero-order valence-corrected chi connectivity index (χ0v) is 11.5. The molecule has 0 unspecified atom stereocenters. The number of aromatic nitrogens is 1. The lowest BCUT2D eigenvalue weighted by Crippen LogP contribution is -2.08. The fourth-order valence-corrected chi connectivity index (χ4v) is 2.23. The monoisotopic (exact) mass is 309 g/mol. The number of amides is 1. The van der Waals surface area contributed by atoms with Crippen molar-refractivity contribution in [1.29, 1.82) is 0 Å². The molecule has 0 aliphatic carbocycles. The highest BCUT2D eigenvalue weighted by Gasteiger charge is 2.08. The van der Waals surface area contributed by atoms with E-state index in [2.05, 4.69) is 10.3 Å². The van der Waals surface area contributed by atoms with Gasteiger partial charge in [0.05, 0.1) is 10.6 Å². The van der Waals surface area contributed by atoms with Gasteiger partial charge in [-0.3, -0.25) is 14.9 Å². The summed E-state index contributed by atoms with van der Waals surface area (Å²) in [7, 11) is 0. The van der Waals surface area contributed by atoms with E-state index in [0.717, 1.165) is 11.3 Å². The van der Waals surface area contributed by atoms with Crippen LogP contribution in [0.2, 0.25) is 5.15 Å². The molecule has 0 radical (unpaired) electrons. The molecule has 8 heteroatoms. The standard InChI is InChI=1S/C12H8ClN3O3S/c13-12-9(2-1-7-14-12)15-10(17)5-3-8-4-6-11(20-8)16(18)19/h1-7H,(H,15,17)/b5-3+. The van der Waals surface area contributed by atoms with Crippen LogP contribution < -0.4 is 5.32 Å². The predicted molar refractivity (Wildman–Crippen MR) is 77.9 cm³/mol. The van der Waals surface area contributed by atoms with E-state index < -0.39 is 10.8 Å². The summed E-state index contributed by atoms with van der Waals surface area (Å²) in [6.07, 6.45) is 4.29. The number of nitrogens with zero attached hydrogens (tertiary/aromatic N) is 2. The van der Waals surface area contributed by atoms with Gasteiger partial charge in [-0.2, -0.15) is 0 Å². The van der Waals surface area contributed by atoms with Crippen LogP contribution >= 0.6 is 22.9 Å². The van der Waals surface area contributed by atoms with Crippen molar-refractivity contribution >= 4 is 45.6 Å². The van der Waals surface area contributed by atoms with Crippen molar-refractivity contribution in [2.75, 3.05) is 5.32 Å². The van der Waals surface area contributed by atoms with Gasteiger partial charge >= 0.3 is 5.00 Å². The molecular weight excluding hydrogens is 302 g/mol. The zero-order chi connectivity index (χ0) is 14.5. The van der Waals surface area contributed by atoms with Crippen LogP contribution in [0.3, 0.4) is 0 Å². The zero-order valence-electron chi connectivity index (χ0n) is 9.95. The summed E-state index contributed by atoms with van der Waals surface area (Å²) in [6.45, 7) is 0. The summed E-state index contributed by atoms with van der Waals surface area (Å²) < 4.78 is 0. The molecule has 102 valence electrons. The molecule has 2 rings (SSSR count). The highest BCUT2D eigenvalue weighted by atomic mass is 35.5. The van der Waals surface area contributed by atoms with Crippen molar-refractivity contribution in [3.8, 4) is 0 Å². The van der Waals surface area contributed by atoms with Crippen LogP contribution in [0.4, 0.5) is 10.7 Å². The number of rotatable bonds is 4. The van der Waals surface area contributed by atoms with Gasteiger partial charge in [-0.1, -0.05) is 22.9 Å². The van der Waals surface area contributed by atoms with Crippen LogP contribution in [0.5, 0.6) is 0 Å². The molecule has 2 aromatic heterocycles. The SMILES string of the molecule is O=C(/C=C/c1ccc([N+](=O)[O-])s1)Nc1cccnc1Cl. The van der Waals surface area contributed by atoms with Crippen molar-refractivity contribution in [1.82, 2.24) is 4.98 Å². The Hall–Kier alpha value is -2.25. The third-order valence-corrected chi connectivity index (χ3v) is 3.51. The molecule has 2 aromatic rings. The maximum atomic E-state index is 11.7. The van der Waals surface area contributed by atoms with Gasteiger partial charge in [-0.15, -0.1) is 0 Å². The first-order chi connectivity index (χ1) is 9.56. The normalized spacial score (nSPS) is 10.7. The van der Waals surface area contributed by atoms with Crippen LogP contribution in [0.1, 0.15) is 4.88 Å². The second-order valence-corrected chi connectivity index (χ2v) is 5.05. The maximum Gasteiger partial charge on any atom is 0.324 e. The third kappa shape index (κ3) is 3.62. The summed E-state index contributed by atoms with van der Waals surface area (Å²) >= 11 is 6.79. The minimum absolute atomic E-state index is 0.0281. The topological polar surface area (TPSA) is 85.1 Å². The average Bonchev–Trinajstić information content (AvgIpc) is 2.88. The van der Waals surface area contributed by atoms with Gasteiger partial charge in [-0.25, -0.2) is 4.98 Å². The van der Waals surface area contributed by atoms with E-state index in [1.54, 1.807) is 18.2 Å². The Labute approximate surface area is 122 Å². The lowest BCUT2D eigenvalue weighted by atomic mass is 10.3. The first-order valence-electron chi connectivity index (χ1n) is 5.40. The van der Waals surface area contributed by atoms with Crippen LogP contribution in [-0.4, -0.2) is 15.8 Å². The lowest BCUT2D eigenvalue weighted by molar-refractivity contribution is -0.380. The van der Waals surface area contributed by atoms with Gasteiger partial charge in [0.25, 0.3) is 0 Å². The first kappa shape index (κ1) is 14.2. The van der Waals surface area contributed by atoms with Crippen molar-refractivity contribution in [3.63, 3.8) is 0 Å². The number of halogens is 1. The predicted octanol–water partition coefficient (Wildman–Crippen LogP) is 3.36. The van der Waals surface area contributed by atoms with Crippen LogP contribution in [0.25, 0.3) is 6.08 Å². The van der Waals surface area contributed by atoms with Gasteiger partial charge in [0.15, 0.2) is 5.15 Å². The Morgan fingerprint density at radius 2 is 2.25 bits per heavy atom. The molecule has 0 aromatic carbocycles. The molecule has 0 atom stereocenters. The number of pyridine rings is 1.